The molecule has 2 rings (SSSR count). The van der Waals surface area contributed by atoms with Crippen molar-refractivity contribution in [3.63, 3.8) is 0 Å². The maximum atomic E-state index is 11.4. The monoisotopic (exact) mass is 299 g/mol. The summed E-state index contributed by atoms with van der Waals surface area (Å²) in [6.07, 6.45) is -0.417. The zero-order valence-electron chi connectivity index (χ0n) is 10.8. The number of carbonyl (C=O) groups excluding carboxylic acids is 1. The molecule has 1 aliphatic rings. The highest BCUT2D eigenvalue weighted by Crippen LogP contribution is 2.26. The van der Waals surface area contributed by atoms with E-state index in [1.807, 2.05) is 6.92 Å². The van der Waals surface area contributed by atoms with Crippen LogP contribution in [0.3, 0.4) is 0 Å². The van der Waals surface area contributed by atoms with Crippen LogP contribution < -0.4 is 5.32 Å². The van der Waals surface area contributed by atoms with Gasteiger partial charge in [0.05, 0.1) is 22.2 Å². The van der Waals surface area contributed by atoms with Gasteiger partial charge in [0.2, 0.25) is 0 Å². The number of hydrogen-bond donors (Lipinski definition) is 1. The van der Waals surface area contributed by atoms with E-state index in [-0.39, 0.29) is 22.9 Å². The number of ether oxygens (including phenoxy) is 1. The molecule has 0 spiro atoms. The van der Waals surface area contributed by atoms with Gasteiger partial charge in [0.15, 0.2) is 0 Å². The molecule has 0 saturated carbocycles. The number of benzene rings is 1. The molecule has 8 heteroatoms. The Morgan fingerprint density at radius 2 is 2.35 bits per heavy atom. The average molecular weight is 300 g/mol. The molecule has 1 unspecified atom stereocenters. The fourth-order valence-corrected chi connectivity index (χ4v) is 2.18. The Morgan fingerprint density at radius 3 is 2.90 bits per heavy atom. The van der Waals surface area contributed by atoms with E-state index < -0.39 is 4.92 Å². The van der Waals surface area contributed by atoms with Crippen molar-refractivity contribution in [2.24, 2.45) is 0 Å². The summed E-state index contributed by atoms with van der Waals surface area (Å²) in [6.45, 7) is 3.36. The number of amides is 1. The van der Waals surface area contributed by atoms with Gasteiger partial charge in [-0.1, -0.05) is 11.6 Å². The third-order valence-corrected chi connectivity index (χ3v) is 3.21. The van der Waals surface area contributed by atoms with Crippen molar-refractivity contribution in [2.45, 2.75) is 13.0 Å². The Balaban J connectivity index is 1.88. The topological polar surface area (TPSA) is 84.7 Å². The normalized spacial score (nSPS) is 18.0. The average Bonchev–Trinajstić information content (AvgIpc) is 2.69. The number of nitrogens with zero attached hydrogens (tertiary/aromatic N) is 2. The summed E-state index contributed by atoms with van der Waals surface area (Å²) in [4.78, 5) is 23.1. The van der Waals surface area contributed by atoms with Crippen LogP contribution in [-0.2, 0) is 4.74 Å². The second-order valence-electron chi connectivity index (χ2n) is 4.49. The van der Waals surface area contributed by atoms with Crippen LogP contribution >= 0.6 is 11.6 Å². The van der Waals surface area contributed by atoms with Crippen LogP contribution in [0.15, 0.2) is 18.2 Å². The van der Waals surface area contributed by atoms with Crippen molar-refractivity contribution in [1.29, 1.82) is 0 Å². The molecular weight excluding hydrogens is 286 g/mol. The number of halogens is 1. The number of rotatable bonds is 5. The maximum absolute atomic E-state index is 11.4. The van der Waals surface area contributed by atoms with Crippen LogP contribution in [0.5, 0.6) is 0 Å². The highest BCUT2D eigenvalue weighted by molar-refractivity contribution is 6.33. The molecule has 0 aliphatic carbocycles. The highest BCUT2D eigenvalue weighted by atomic mass is 35.5. The third-order valence-electron chi connectivity index (χ3n) is 2.90. The van der Waals surface area contributed by atoms with Gasteiger partial charge in [-0.2, -0.15) is 0 Å². The molecule has 1 atom stereocenters. The van der Waals surface area contributed by atoms with Crippen molar-refractivity contribution in [2.75, 3.05) is 25.0 Å². The molecule has 1 saturated heterocycles. The summed E-state index contributed by atoms with van der Waals surface area (Å²) in [5, 5.41) is 13.9. The zero-order valence-corrected chi connectivity index (χ0v) is 11.6. The van der Waals surface area contributed by atoms with Gasteiger partial charge in [-0.3, -0.25) is 10.1 Å². The van der Waals surface area contributed by atoms with Crippen LogP contribution in [0.2, 0.25) is 5.02 Å². The first kappa shape index (κ1) is 14.4. The van der Waals surface area contributed by atoms with E-state index in [1.165, 1.54) is 12.1 Å². The van der Waals surface area contributed by atoms with Gasteiger partial charge in [0.25, 0.3) is 5.69 Å². The van der Waals surface area contributed by atoms with E-state index in [9.17, 15) is 14.9 Å². The smallest absolute Gasteiger partial charge is 0.410 e. The first-order chi connectivity index (χ1) is 9.47. The van der Waals surface area contributed by atoms with E-state index >= 15 is 0 Å². The third kappa shape index (κ3) is 3.30. The van der Waals surface area contributed by atoms with E-state index in [4.69, 9.17) is 16.3 Å². The summed E-state index contributed by atoms with van der Waals surface area (Å²) in [5.41, 5.74) is 0.537. The predicted octanol–water partition coefficient (Wildman–Crippen LogP) is 2.50. The van der Waals surface area contributed by atoms with Crippen LogP contribution in [0.25, 0.3) is 0 Å². The number of nitrogens with one attached hydrogen (secondary N) is 1. The minimum Gasteiger partial charge on any atom is -0.445 e. The summed E-state index contributed by atoms with van der Waals surface area (Å²) in [6, 6.07) is 4.21. The molecular formula is C12H14ClN3O4. The number of non-ortho nitro benzene ring substituents is 1. The molecule has 0 aromatic heterocycles. The lowest BCUT2D eigenvalue weighted by molar-refractivity contribution is -0.384. The summed E-state index contributed by atoms with van der Waals surface area (Å²) >= 11 is 5.95. The van der Waals surface area contributed by atoms with Gasteiger partial charge in [0.1, 0.15) is 6.10 Å². The minimum absolute atomic E-state index is 0.0579. The molecule has 1 aromatic rings. The number of cyclic esters (lactones) is 1. The van der Waals surface area contributed by atoms with Crippen LogP contribution in [0.4, 0.5) is 16.2 Å². The van der Waals surface area contributed by atoms with E-state index in [0.29, 0.717) is 25.3 Å². The number of nitro groups is 1. The molecule has 1 aliphatic heterocycles. The van der Waals surface area contributed by atoms with Gasteiger partial charge < -0.3 is 15.0 Å². The van der Waals surface area contributed by atoms with Gasteiger partial charge in [-0.15, -0.1) is 0 Å². The Hall–Kier alpha value is -2.02. The molecule has 1 aromatic carbocycles. The number of anilines is 1. The quantitative estimate of drug-likeness (QED) is 0.667. The van der Waals surface area contributed by atoms with Crippen LogP contribution in [-0.4, -0.2) is 41.7 Å². The Kier molecular flexibility index (Phi) is 4.29. The number of hydrogen-bond acceptors (Lipinski definition) is 5. The lowest BCUT2D eigenvalue weighted by atomic mass is 10.3. The van der Waals surface area contributed by atoms with Gasteiger partial charge in [0, 0.05) is 25.2 Å². The molecule has 1 heterocycles. The van der Waals surface area contributed by atoms with Crippen LogP contribution in [0, 0.1) is 10.1 Å². The number of carbonyl (C=O) groups is 1. The van der Waals surface area contributed by atoms with Gasteiger partial charge >= 0.3 is 6.09 Å². The molecule has 7 nitrogen and oxygen atoms in total. The van der Waals surface area contributed by atoms with Gasteiger partial charge in [-0.25, -0.2) is 4.79 Å². The molecule has 0 radical (unpaired) electrons. The zero-order chi connectivity index (χ0) is 14.7. The summed E-state index contributed by atoms with van der Waals surface area (Å²) in [5.74, 6) is 0. The Bertz CT molecular complexity index is 537. The lowest BCUT2D eigenvalue weighted by Crippen LogP contribution is -2.30. The largest absolute Gasteiger partial charge is 0.445 e. The fourth-order valence-electron chi connectivity index (χ4n) is 1.94. The van der Waals surface area contributed by atoms with Gasteiger partial charge in [-0.05, 0) is 13.0 Å². The molecule has 1 N–H and O–H groups in total. The molecule has 0 bridgehead atoms. The number of nitro benzene ring substituents is 1. The standard InChI is InChI=1S/C12H14ClN3O4/c1-8-7-15(12(17)20-8)5-4-14-11-3-2-9(16(18)19)6-10(11)13/h2-3,6,8,14H,4-5,7H2,1H3. The molecule has 1 amide bonds. The summed E-state index contributed by atoms with van der Waals surface area (Å²) in [7, 11) is 0. The fraction of sp³-hybridized carbons (Fsp3) is 0.417. The lowest BCUT2D eigenvalue weighted by Gasteiger charge is -2.14. The first-order valence-corrected chi connectivity index (χ1v) is 6.48. The van der Waals surface area contributed by atoms with Crippen molar-refractivity contribution >= 4 is 29.1 Å². The molecule has 1 fully saturated rings. The van der Waals surface area contributed by atoms with Crippen LogP contribution in [0.1, 0.15) is 6.92 Å². The van der Waals surface area contributed by atoms with Crippen molar-refractivity contribution in [3.05, 3.63) is 33.3 Å². The second kappa shape index (κ2) is 5.96. The molecule has 108 valence electrons. The van der Waals surface area contributed by atoms with E-state index in [0.717, 1.165) is 0 Å². The highest BCUT2D eigenvalue weighted by Gasteiger charge is 2.27. The predicted molar refractivity (Wildman–Crippen MR) is 74.1 cm³/mol. The Labute approximate surface area is 120 Å². The van der Waals surface area contributed by atoms with Crippen molar-refractivity contribution in [3.8, 4) is 0 Å². The van der Waals surface area contributed by atoms with E-state index in [2.05, 4.69) is 5.32 Å². The maximum Gasteiger partial charge on any atom is 0.410 e. The van der Waals surface area contributed by atoms with E-state index in [1.54, 1.807) is 11.0 Å². The second-order valence-corrected chi connectivity index (χ2v) is 4.90. The minimum atomic E-state index is -0.503. The summed E-state index contributed by atoms with van der Waals surface area (Å²) < 4.78 is 5.00. The molecule has 20 heavy (non-hydrogen) atoms. The van der Waals surface area contributed by atoms with Crippen molar-refractivity contribution < 1.29 is 14.5 Å². The SMILES string of the molecule is CC1CN(CCNc2ccc([N+](=O)[O-])cc2Cl)C(=O)O1. The van der Waals surface area contributed by atoms with Crippen molar-refractivity contribution in [1.82, 2.24) is 4.90 Å². The Morgan fingerprint density at radius 1 is 1.60 bits per heavy atom. The first-order valence-electron chi connectivity index (χ1n) is 6.10.